The minimum absolute atomic E-state index is 0.194. The van der Waals surface area contributed by atoms with E-state index in [1.807, 2.05) is 19.1 Å². The Hall–Kier alpha value is -3.52. The van der Waals surface area contributed by atoms with Crippen molar-refractivity contribution in [3.63, 3.8) is 0 Å². The summed E-state index contributed by atoms with van der Waals surface area (Å²) in [4.78, 5) is 29.6. The van der Waals surface area contributed by atoms with Crippen LogP contribution in [0.4, 0.5) is 9.18 Å². The molecule has 1 fully saturated rings. The van der Waals surface area contributed by atoms with Gasteiger partial charge in [0.2, 0.25) is 0 Å². The fourth-order valence-electron chi connectivity index (χ4n) is 4.29. The second-order valence-electron chi connectivity index (χ2n) is 8.61. The van der Waals surface area contributed by atoms with E-state index in [-0.39, 0.29) is 24.1 Å². The topological polar surface area (TPSA) is 75.6 Å². The summed E-state index contributed by atoms with van der Waals surface area (Å²) in [7, 11) is 1.64. The fraction of sp³-hybridized carbons (Fsp3) is 0.280. The molecule has 2 aromatic carbocycles. The third-order valence-electron chi connectivity index (χ3n) is 6.31. The van der Waals surface area contributed by atoms with Crippen molar-refractivity contribution in [2.45, 2.75) is 25.3 Å². The largest absolute Gasteiger partial charge is 0.415 e. The average molecular weight is 483 g/mol. The van der Waals surface area contributed by atoms with E-state index in [1.165, 1.54) is 35.4 Å². The van der Waals surface area contributed by atoms with Gasteiger partial charge in [-0.1, -0.05) is 23.7 Å². The Balaban J connectivity index is 1.64. The van der Waals surface area contributed by atoms with Crippen LogP contribution >= 0.6 is 11.6 Å². The number of likely N-dealkylation sites (N-methyl/N-ethyl adjacent to an activating group) is 1. The molecule has 0 spiro atoms. The van der Waals surface area contributed by atoms with Gasteiger partial charge in [-0.25, -0.2) is 9.18 Å². The SMILES string of the molecule is Cc1cc(C(=O)N2CC(c3ccc(Cl)cc3)C(C)(N(C)C(=O)Oc3ccc(F)cc3)C2)cnn1. The number of nitrogens with zero attached hydrogens (tertiary/aromatic N) is 4. The fourth-order valence-corrected chi connectivity index (χ4v) is 4.41. The lowest BCUT2D eigenvalue weighted by molar-refractivity contribution is 0.0736. The molecule has 4 rings (SSSR count). The van der Waals surface area contributed by atoms with Gasteiger partial charge in [0.25, 0.3) is 5.91 Å². The first kappa shape index (κ1) is 23.6. The second kappa shape index (κ2) is 9.38. The summed E-state index contributed by atoms with van der Waals surface area (Å²) >= 11 is 6.09. The van der Waals surface area contributed by atoms with Crippen LogP contribution in [0.25, 0.3) is 0 Å². The number of carbonyl (C=O) groups is 2. The molecular formula is C25H24ClFN4O3. The molecule has 34 heavy (non-hydrogen) atoms. The van der Waals surface area contributed by atoms with Crippen LogP contribution in [0, 0.1) is 12.7 Å². The normalized spacial score (nSPS) is 19.7. The van der Waals surface area contributed by atoms with Crippen LogP contribution < -0.4 is 4.74 Å². The van der Waals surface area contributed by atoms with Gasteiger partial charge < -0.3 is 14.5 Å². The Bertz CT molecular complexity index is 1210. The number of hydrogen-bond donors (Lipinski definition) is 0. The zero-order chi connectivity index (χ0) is 24.5. The first-order chi connectivity index (χ1) is 16.2. The number of benzene rings is 2. The third kappa shape index (κ3) is 4.72. The summed E-state index contributed by atoms with van der Waals surface area (Å²) in [5, 5.41) is 8.41. The lowest BCUT2D eigenvalue weighted by Gasteiger charge is -2.39. The number of carbonyl (C=O) groups excluding carboxylic acids is 2. The minimum atomic E-state index is -0.796. The summed E-state index contributed by atoms with van der Waals surface area (Å²) in [6.07, 6.45) is 0.832. The van der Waals surface area contributed by atoms with E-state index in [0.29, 0.717) is 22.8 Å². The Labute approximate surface area is 202 Å². The van der Waals surface area contributed by atoms with E-state index in [2.05, 4.69) is 10.2 Å². The molecule has 2 unspecified atom stereocenters. The third-order valence-corrected chi connectivity index (χ3v) is 6.56. The molecule has 1 aromatic heterocycles. The zero-order valence-electron chi connectivity index (χ0n) is 19.0. The Morgan fingerprint density at radius 3 is 2.50 bits per heavy atom. The smallest absolute Gasteiger partial charge is 0.410 e. The highest BCUT2D eigenvalue weighted by Gasteiger charge is 2.50. The number of aromatic nitrogens is 2. The Morgan fingerprint density at radius 2 is 1.85 bits per heavy atom. The summed E-state index contributed by atoms with van der Waals surface area (Å²) in [6.45, 7) is 4.34. The lowest BCUT2D eigenvalue weighted by atomic mass is 9.82. The van der Waals surface area contributed by atoms with Crippen molar-refractivity contribution in [3.8, 4) is 5.75 Å². The van der Waals surface area contributed by atoms with Crippen LogP contribution in [0.1, 0.15) is 34.5 Å². The van der Waals surface area contributed by atoms with Crippen LogP contribution in [-0.4, -0.2) is 57.7 Å². The molecule has 9 heteroatoms. The average Bonchev–Trinajstić information content (AvgIpc) is 3.18. The maximum absolute atomic E-state index is 13.3. The molecule has 1 aliphatic heterocycles. The van der Waals surface area contributed by atoms with Gasteiger partial charge in [-0.05, 0) is 61.9 Å². The van der Waals surface area contributed by atoms with Gasteiger partial charge in [0.05, 0.1) is 23.0 Å². The van der Waals surface area contributed by atoms with Gasteiger partial charge in [0.15, 0.2) is 0 Å². The molecule has 0 N–H and O–H groups in total. The second-order valence-corrected chi connectivity index (χ2v) is 9.05. The first-order valence-corrected chi connectivity index (χ1v) is 11.1. The zero-order valence-corrected chi connectivity index (χ0v) is 19.8. The molecule has 2 heterocycles. The predicted molar refractivity (Wildman–Crippen MR) is 125 cm³/mol. The predicted octanol–water partition coefficient (Wildman–Crippen LogP) is 4.71. The van der Waals surface area contributed by atoms with E-state index >= 15 is 0 Å². The number of aryl methyl sites for hydroxylation is 1. The summed E-state index contributed by atoms with van der Waals surface area (Å²) in [5.41, 5.74) is 1.22. The Morgan fingerprint density at radius 1 is 1.18 bits per heavy atom. The minimum Gasteiger partial charge on any atom is -0.410 e. The van der Waals surface area contributed by atoms with E-state index < -0.39 is 17.4 Å². The van der Waals surface area contributed by atoms with Gasteiger partial charge in [0.1, 0.15) is 11.6 Å². The first-order valence-electron chi connectivity index (χ1n) is 10.7. The van der Waals surface area contributed by atoms with Crippen molar-refractivity contribution in [1.29, 1.82) is 0 Å². The van der Waals surface area contributed by atoms with Crippen LogP contribution in [0.3, 0.4) is 0 Å². The van der Waals surface area contributed by atoms with E-state index in [1.54, 1.807) is 37.1 Å². The van der Waals surface area contributed by atoms with Crippen LogP contribution in [-0.2, 0) is 0 Å². The molecule has 3 aromatic rings. The molecular weight excluding hydrogens is 459 g/mol. The van der Waals surface area contributed by atoms with Crippen LogP contribution in [0.2, 0.25) is 5.02 Å². The standard InChI is InChI=1S/C25H24ClFN4O3/c1-16-12-18(13-28-29-16)23(32)31-14-22(17-4-6-19(26)7-5-17)25(2,15-31)30(3)24(33)34-21-10-8-20(27)9-11-21/h4-13,22H,14-15H2,1-3H3. The van der Waals surface area contributed by atoms with Gasteiger partial charge in [-0.2, -0.15) is 10.2 Å². The number of rotatable bonds is 4. The molecule has 0 aliphatic carbocycles. The quantitative estimate of drug-likeness (QED) is 0.538. The van der Waals surface area contributed by atoms with Gasteiger partial charge >= 0.3 is 6.09 Å². The highest BCUT2D eigenvalue weighted by atomic mass is 35.5. The summed E-state index contributed by atoms with van der Waals surface area (Å²) in [5.74, 6) is -0.598. The monoisotopic (exact) mass is 482 g/mol. The van der Waals surface area contributed by atoms with E-state index in [9.17, 15) is 14.0 Å². The lowest BCUT2D eigenvalue weighted by Crippen LogP contribution is -2.53. The number of amides is 2. The van der Waals surface area contributed by atoms with Crippen molar-refractivity contribution < 1.29 is 18.7 Å². The summed E-state index contributed by atoms with van der Waals surface area (Å²) in [6, 6.07) is 14.3. The number of hydrogen-bond acceptors (Lipinski definition) is 5. The summed E-state index contributed by atoms with van der Waals surface area (Å²) < 4.78 is 18.7. The molecule has 1 aliphatic rings. The molecule has 2 amide bonds. The number of likely N-dealkylation sites (tertiary alicyclic amines) is 1. The van der Waals surface area contributed by atoms with E-state index in [0.717, 1.165) is 5.56 Å². The molecule has 2 atom stereocenters. The van der Waals surface area contributed by atoms with Crippen molar-refractivity contribution >= 4 is 23.6 Å². The molecule has 7 nitrogen and oxygen atoms in total. The molecule has 0 saturated carbocycles. The van der Waals surface area contributed by atoms with Crippen LogP contribution in [0.5, 0.6) is 5.75 Å². The van der Waals surface area contributed by atoms with Crippen molar-refractivity contribution in [2.24, 2.45) is 0 Å². The Kier molecular flexibility index (Phi) is 6.52. The van der Waals surface area contributed by atoms with Gasteiger partial charge in [-0.3, -0.25) is 4.79 Å². The van der Waals surface area contributed by atoms with Gasteiger partial charge in [-0.15, -0.1) is 0 Å². The van der Waals surface area contributed by atoms with E-state index in [4.69, 9.17) is 16.3 Å². The molecule has 176 valence electrons. The number of ether oxygens (including phenoxy) is 1. The maximum atomic E-state index is 13.3. The van der Waals surface area contributed by atoms with Crippen molar-refractivity contribution in [2.75, 3.05) is 20.1 Å². The highest BCUT2D eigenvalue weighted by molar-refractivity contribution is 6.30. The molecule has 0 bridgehead atoms. The van der Waals surface area contributed by atoms with Crippen molar-refractivity contribution in [1.82, 2.24) is 20.0 Å². The number of halogens is 2. The van der Waals surface area contributed by atoms with Gasteiger partial charge in [0, 0.05) is 31.1 Å². The maximum Gasteiger partial charge on any atom is 0.415 e. The van der Waals surface area contributed by atoms with Crippen molar-refractivity contribution in [3.05, 3.63) is 88.5 Å². The molecule has 1 saturated heterocycles. The van der Waals surface area contributed by atoms with Crippen LogP contribution in [0.15, 0.2) is 60.8 Å². The molecule has 0 radical (unpaired) electrons. The highest BCUT2D eigenvalue weighted by Crippen LogP contribution is 2.41.